The molecule has 1 aromatic carbocycles. The average Bonchev–Trinajstić information content (AvgIpc) is 3.25. The smallest absolute Gasteiger partial charge is 0.320 e. The monoisotopic (exact) mass is 297 g/mol. The number of fused-ring (bicyclic) bond motifs is 1. The first kappa shape index (κ1) is 12.5. The molecule has 9 nitrogen and oxygen atoms in total. The predicted octanol–water partition coefficient (Wildman–Crippen LogP) is 1.11. The van der Waals surface area contributed by atoms with E-state index in [4.69, 9.17) is 4.63 Å². The third-order valence-corrected chi connectivity index (χ3v) is 3.53. The van der Waals surface area contributed by atoms with Gasteiger partial charge in [0, 0.05) is 18.0 Å². The Kier molecular flexibility index (Phi) is 2.65. The van der Waals surface area contributed by atoms with Crippen LogP contribution in [-0.4, -0.2) is 35.0 Å². The maximum Gasteiger partial charge on any atom is 0.340 e. The minimum Gasteiger partial charge on any atom is -0.320 e. The summed E-state index contributed by atoms with van der Waals surface area (Å²) < 4.78 is 6.69. The molecule has 3 heterocycles. The van der Waals surface area contributed by atoms with E-state index in [9.17, 15) is 4.79 Å². The Labute approximate surface area is 123 Å². The lowest BCUT2D eigenvalue weighted by molar-refractivity contribution is 0.315. The first-order chi connectivity index (χ1) is 10.7. The molecule has 0 bridgehead atoms. The maximum absolute atomic E-state index is 11.2. The number of aromatic nitrogens is 7. The minimum absolute atomic E-state index is 0.202. The summed E-state index contributed by atoms with van der Waals surface area (Å²) in [5, 5.41) is 14.1. The van der Waals surface area contributed by atoms with Crippen molar-refractivity contribution >= 4 is 11.0 Å². The van der Waals surface area contributed by atoms with Crippen LogP contribution in [0, 0.1) is 0 Å². The first-order valence-electron chi connectivity index (χ1n) is 6.63. The van der Waals surface area contributed by atoms with Gasteiger partial charge in [-0.2, -0.15) is 5.10 Å². The van der Waals surface area contributed by atoms with E-state index in [0.717, 1.165) is 5.56 Å². The van der Waals surface area contributed by atoms with Crippen molar-refractivity contribution in [2.45, 2.75) is 13.0 Å². The Morgan fingerprint density at radius 1 is 1.32 bits per heavy atom. The molecule has 0 aliphatic heterocycles. The number of nitrogens with one attached hydrogen (secondary N) is 2. The number of hydrogen-bond donors (Lipinski definition) is 2. The van der Waals surface area contributed by atoms with Crippen LogP contribution in [-0.2, 0) is 0 Å². The highest BCUT2D eigenvalue weighted by Gasteiger charge is 2.19. The number of aromatic amines is 2. The fourth-order valence-corrected chi connectivity index (χ4v) is 2.43. The number of H-pyrrole nitrogens is 2. The third kappa shape index (κ3) is 1.83. The van der Waals surface area contributed by atoms with Gasteiger partial charge in [0.25, 0.3) is 0 Å². The summed E-state index contributed by atoms with van der Waals surface area (Å²) in [5.74, 6) is 1.22. The van der Waals surface area contributed by atoms with Gasteiger partial charge in [0.15, 0.2) is 5.82 Å². The van der Waals surface area contributed by atoms with Crippen LogP contribution in [0.15, 0.2) is 40.0 Å². The van der Waals surface area contributed by atoms with Gasteiger partial charge in [-0.15, -0.1) is 0 Å². The molecule has 0 spiro atoms. The average molecular weight is 297 g/mol. The molecule has 0 fully saturated rings. The molecule has 3 aromatic heterocycles. The molecule has 0 saturated heterocycles. The second kappa shape index (κ2) is 4.65. The van der Waals surface area contributed by atoms with Crippen molar-refractivity contribution in [2.24, 2.45) is 0 Å². The van der Waals surface area contributed by atoms with E-state index < -0.39 is 0 Å². The summed E-state index contributed by atoms with van der Waals surface area (Å²) >= 11 is 0. The van der Waals surface area contributed by atoms with Crippen LogP contribution in [0.5, 0.6) is 0 Å². The van der Waals surface area contributed by atoms with Crippen molar-refractivity contribution in [1.82, 2.24) is 35.0 Å². The van der Waals surface area contributed by atoms with Gasteiger partial charge in [0.2, 0.25) is 0 Å². The molecule has 0 aliphatic rings. The highest BCUT2D eigenvalue weighted by Crippen LogP contribution is 2.28. The Morgan fingerprint density at radius 2 is 2.23 bits per heavy atom. The summed E-state index contributed by atoms with van der Waals surface area (Å²) in [6, 6.07) is 5.37. The topological polar surface area (TPSA) is 118 Å². The molecular weight excluding hydrogens is 286 g/mol. The van der Waals surface area contributed by atoms with E-state index in [1.807, 2.05) is 35.9 Å². The normalized spacial score (nSPS) is 12.8. The maximum atomic E-state index is 11.2. The summed E-state index contributed by atoms with van der Waals surface area (Å²) in [5.41, 5.74) is 1.75. The summed E-state index contributed by atoms with van der Waals surface area (Å²) in [4.78, 5) is 18.3. The van der Waals surface area contributed by atoms with Gasteiger partial charge in [-0.3, -0.25) is 4.98 Å². The molecule has 110 valence electrons. The Morgan fingerprint density at radius 3 is 3.05 bits per heavy atom. The zero-order chi connectivity index (χ0) is 15.1. The molecule has 0 unspecified atom stereocenters. The second-order valence-electron chi connectivity index (χ2n) is 4.83. The van der Waals surface area contributed by atoms with E-state index in [-0.39, 0.29) is 11.7 Å². The van der Waals surface area contributed by atoms with Crippen molar-refractivity contribution in [1.29, 1.82) is 0 Å². The Hall–Kier alpha value is -3.23. The van der Waals surface area contributed by atoms with Gasteiger partial charge in [-0.1, -0.05) is 6.07 Å². The van der Waals surface area contributed by atoms with Gasteiger partial charge in [-0.05, 0) is 29.4 Å². The van der Waals surface area contributed by atoms with Crippen LogP contribution in [0.4, 0.5) is 0 Å². The van der Waals surface area contributed by atoms with Crippen LogP contribution in [0.3, 0.4) is 0 Å². The van der Waals surface area contributed by atoms with Crippen molar-refractivity contribution in [3.05, 3.63) is 46.9 Å². The molecule has 0 aliphatic carbocycles. The SMILES string of the molecule is C[C@@H](c1n[nH]c(=O)[nH]1)n1ccnc1-c1cccc2nonc12. The second-order valence-corrected chi connectivity index (χ2v) is 4.83. The van der Waals surface area contributed by atoms with E-state index >= 15 is 0 Å². The molecule has 0 radical (unpaired) electrons. The first-order valence-corrected chi connectivity index (χ1v) is 6.63. The van der Waals surface area contributed by atoms with Crippen LogP contribution in [0.2, 0.25) is 0 Å². The molecule has 0 amide bonds. The fraction of sp³-hybridized carbons (Fsp3) is 0.154. The molecule has 4 aromatic rings. The van der Waals surface area contributed by atoms with Crippen molar-refractivity contribution in [3.8, 4) is 11.4 Å². The summed E-state index contributed by atoms with van der Waals surface area (Å²) in [6.07, 6.45) is 3.50. The van der Waals surface area contributed by atoms with E-state index in [1.165, 1.54) is 0 Å². The number of rotatable bonds is 3. The number of benzene rings is 1. The molecule has 0 saturated carbocycles. The summed E-state index contributed by atoms with van der Waals surface area (Å²) in [6.45, 7) is 1.92. The van der Waals surface area contributed by atoms with Crippen LogP contribution in [0.25, 0.3) is 22.4 Å². The van der Waals surface area contributed by atoms with Crippen molar-refractivity contribution in [3.63, 3.8) is 0 Å². The molecule has 22 heavy (non-hydrogen) atoms. The highest BCUT2D eigenvalue weighted by molar-refractivity contribution is 5.88. The Balaban J connectivity index is 1.86. The minimum atomic E-state index is -0.341. The standard InChI is InChI=1S/C13H11N7O2/c1-7(11-15-13(21)17-16-11)20-6-5-14-12(20)8-3-2-4-9-10(8)19-22-18-9/h2-7H,1H3,(H2,15,16,17,21)/t7-/m0/s1. The van der Waals surface area contributed by atoms with E-state index in [2.05, 4.69) is 30.5 Å². The largest absolute Gasteiger partial charge is 0.340 e. The highest BCUT2D eigenvalue weighted by atomic mass is 16.6. The fourth-order valence-electron chi connectivity index (χ4n) is 2.43. The number of hydrogen-bond acceptors (Lipinski definition) is 6. The molecule has 2 N–H and O–H groups in total. The lowest BCUT2D eigenvalue weighted by Crippen LogP contribution is -2.10. The van der Waals surface area contributed by atoms with Gasteiger partial charge < -0.3 is 4.57 Å². The van der Waals surface area contributed by atoms with E-state index in [0.29, 0.717) is 22.7 Å². The van der Waals surface area contributed by atoms with Crippen molar-refractivity contribution < 1.29 is 4.63 Å². The lowest BCUT2D eigenvalue weighted by atomic mass is 10.1. The van der Waals surface area contributed by atoms with Crippen LogP contribution >= 0.6 is 0 Å². The number of nitrogens with zero attached hydrogens (tertiary/aromatic N) is 5. The molecular formula is C13H11N7O2. The van der Waals surface area contributed by atoms with Crippen LogP contribution < -0.4 is 5.69 Å². The van der Waals surface area contributed by atoms with E-state index in [1.54, 1.807) is 6.20 Å². The Bertz CT molecular complexity index is 993. The van der Waals surface area contributed by atoms with Gasteiger partial charge in [0.1, 0.15) is 16.9 Å². The van der Waals surface area contributed by atoms with Crippen molar-refractivity contribution in [2.75, 3.05) is 0 Å². The molecule has 1 atom stereocenters. The van der Waals surface area contributed by atoms with Gasteiger partial charge >= 0.3 is 5.69 Å². The molecule has 4 rings (SSSR count). The van der Waals surface area contributed by atoms with Gasteiger partial charge in [-0.25, -0.2) is 19.5 Å². The lowest BCUT2D eigenvalue weighted by Gasteiger charge is -2.13. The zero-order valence-electron chi connectivity index (χ0n) is 11.5. The van der Waals surface area contributed by atoms with Crippen LogP contribution in [0.1, 0.15) is 18.8 Å². The predicted molar refractivity (Wildman–Crippen MR) is 76.0 cm³/mol. The number of imidazole rings is 1. The quantitative estimate of drug-likeness (QED) is 0.584. The summed E-state index contributed by atoms with van der Waals surface area (Å²) in [7, 11) is 0. The third-order valence-electron chi connectivity index (χ3n) is 3.53. The zero-order valence-corrected chi connectivity index (χ0v) is 11.5. The van der Waals surface area contributed by atoms with Gasteiger partial charge in [0.05, 0.1) is 6.04 Å². The molecule has 9 heteroatoms.